The zero-order valence-electron chi connectivity index (χ0n) is 12.5. The Bertz CT molecular complexity index is 598. The highest BCUT2D eigenvalue weighted by Gasteiger charge is 2.15. The van der Waals surface area contributed by atoms with Crippen LogP contribution in [0.3, 0.4) is 0 Å². The molecule has 7 heteroatoms. The van der Waals surface area contributed by atoms with Crippen LogP contribution in [0.5, 0.6) is 0 Å². The van der Waals surface area contributed by atoms with Gasteiger partial charge < -0.3 is 10.2 Å². The summed E-state index contributed by atoms with van der Waals surface area (Å²) in [5, 5.41) is 3.00. The number of hydrogen-bond donors (Lipinski definition) is 1. The van der Waals surface area contributed by atoms with Crippen LogP contribution < -0.4 is 5.32 Å². The third kappa shape index (κ3) is 5.30. The molecule has 0 fully saturated rings. The molecule has 1 rings (SSSR count). The number of benzene rings is 1. The maximum absolute atomic E-state index is 12.1. The van der Waals surface area contributed by atoms with E-state index < -0.39 is 9.84 Å². The van der Waals surface area contributed by atoms with Gasteiger partial charge in [-0.15, -0.1) is 0 Å². The molecule has 1 N–H and O–H groups in total. The number of hydrogen-bond acceptors (Lipinski definition) is 4. The predicted octanol–water partition coefficient (Wildman–Crippen LogP) is 1.82. The fourth-order valence-electron chi connectivity index (χ4n) is 1.87. The Morgan fingerprint density at radius 1 is 1.29 bits per heavy atom. The topological polar surface area (TPSA) is 66.5 Å². The summed E-state index contributed by atoms with van der Waals surface area (Å²) in [7, 11) is -3.36. The largest absolute Gasteiger partial charge is 0.351 e. The molecule has 0 heterocycles. The summed E-state index contributed by atoms with van der Waals surface area (Å²) in [6.45, 7) is 7.16. The number of nitrogens with zero attached hydrogens (tertiary/aromatic N) is 1. The van der Waals surface area contributed by atoms with Gasteiger partial charge in [0.25, 0.3) is 5.91 Å². The van der Waals surface area contributed by atoms with Crippen molar-refractivity contribution in [2.75, 3.05) is 32.4 Å². The summed E-state index contributed by atoms with van der Waals surface area (Å²) in [5.74, 6) is -0.363. The molecule has 0 saturated heterocycles. The summed E-state index contributed by atoms with van der Waals surface area (Å²) < 4.78 is 23.0. The molecule has 21 heavy (non-hydrogen) atoms. The highest BCUT2D eigenvalue weighted by molar-refractivity contribution is 7.90. The van der Waals surface area contributed by atoms with Crippen LogP contribution in [-0.2, 0) is 9.84 Å². The molecule has 118 valence electrons. The number of carbonyl (C=O) groups excluding carboxylic acids is 1. The van der Waals surface area contributed by atoms with Gasteiger partial charge in [0, 0.05) is 19.3 Å². The van der Waals surface area contributed by atoms with E-state index in [9.17, 15) is 13.2 Å². The fourth-order valence-corrected chi connectivity index (χ4v) is 2.72. The zero-order valence-corrected chi connectivity index (χ0v) is 14.1. The lowest BCUT2D eigenvalue weighted by Crippen LogP contribution is -2.34. The summed E-state index contributed by atoms with van der Waals surface area (Å²) in [6, 6.07) is 4.13. The van der Waals surface area contributed by atoms with Gasteiger partial charge in [0.2, 0.25) is 0 Å². The molecule has 1 amide bonds. The number of sulfone groups is 1. The van der Waals surface area contributed by atoms with Gasteiger partial charge in [-0.25, -0.2) is 8.42 Å². The van der Waals surface area contributed by atoms with Crippen molar-refractivity contribution in [3.63, 3.8) is 0 Å². The Morgan fingerprint density at radius 3 is 2.43 bits per heavy atom. The molecule has 0 aromatic heterocycles. The SMILES string of the molecule is CCN(CC)CCNC(=O)c1cc(S(C)(=O)=O)ccc1Cl. The van der Waals surface area contributed by atoms with Gasteiger partial charge in [-0.05, 0) is 31.3 Å². The van der Waals surface area contributed by atoms with Crippen molar-refractivity contribution < 1.29 is 13.2 Å². The first-order chi connectivity index (χ1) is 9.79. The van der Waals surface area contributed by atoms with Crippen molar-refractivity contribution in [3.05, 3.63) is 28.8 Å². The van der Waals surface area contributed by atoms with E-state index in [1.807, 2.05) is 0 Å². The van der Waals surface area contributed by atoms with Gasteiger partial charge >= 0.3 is 0 Å². The fraction of sp³-hybridized carbons (Fsp3) is 0.500. The molecule has 0 atom stereocenters. The van der Waals surface area contributed by atoms with E-state index in [1.54, 1.807) is 0 Å². The minimum Gasteiger partial charge on any atom is -0.351 e. The number of nitrogens with one attached hydrogen (secondary N) is 1. The van der Waals surface area contributed by atoms with E-state index >= 15 is 0 Å². The zero-order chi connectivity index (χ0) is 16.0. The van der Waals surface area contributed by atoms with Gasteiger partial charge in [-0.1, -0.05) is 25.4 Å². The highest BCUT2D eigenvalue weighted by atomic mass is 35.5. The summed E-state index contributed by atoms with van der Waals surface area (Å²) in [6.07, 6.45) is 1.10. The summed E-state index contributed by atoms with van der Waals surface area (Å²) in [5.41, 5.74) is 0.180. The average molecular weight is 333 g/mol. The minimum absolute atomic E-state index is 0.0841. The molecule has 0 spiro atoms. The van der Waals surface area contributed by atoms with Gasteiger partial charge in [0.15, 0.2) is 9.84 Å². The standard InChI is InChI=1S/C14H21ClN2O3S/c1-4-17(5-2)9-8-16-14(18)12-10-11(21(3,19)20)6-7-13(12)15/h6-7,10H,4-5,8-9H2,1-3H3,(H,16,18). The van der Waals surface area contributed by atoms with Crippen LogP contribution >= 0.6 is 11.6 Å². The molecule has 5 nitrogen and oxygen atoms in total. The van der Waals surface area contributed by atoms with Crippen LogP contribution in [0.2, 0.25) is 5.02 Å². The Hall–Kier alpha value is -1.11. The van der Waals surface area contributed by atoms with Gasteiger partial charge in [-0.3, -0.25) is 4.79 Å². The Balaban J connectivity index is 2.78. The minimum atomic E-state index is -3.36. The van der Waals surface area contributed by atoms with E-state index in [2.05, 4.69) is 24.1 Å². The predicted molar refractivity (Wildman–Crippen MR) is 84.7 cm³/mol. The van der Waals surface area contributed by atoms with E-state index in [0.717, 1.165) is 25.9 Å². The second-order valence-corrected chi connectivity index (χ2v) is 7.12. The molecule has 0 aliphatic heterocycles. The Morgan fingerprint density at radius 2 is 1.90 bits per heavy atom. The first-order valence-electron chi connectivity index (χ1n) is 6.79. The van der Waals surface area contributed by atoms with E-state index in [1.165, 1.54) is 18.2 Å². The van der Waals surface area contributed by atoms with E-state index in [-0.39, 0.29) is 21.4 Å². The monoisotopic (exact) mass is 332 g/mol. The van der Waals surface area contributed by atoms with Crippen LogP contribution in [0.15, 0.2) is 23.1 Å². The Labute approximate surface area is 131 Å². The molecular formula is C14H21ClN2O3S. The number of amides is 1. The number of carbonyl (C=O) groups is 1. The second-order valence-electron chi connectivity index (χ2n) is 4.70. The normalized spacial score (nSPS) is 11.7. The molecule has 0 unspecified atom stereocenters. The molecule has 0 bridgehead atoms. The summed E-state index contributed by atoms with van der Waals surface area (Å²) >= 11 is 5.97. The average Bonchev–Trinajstić information content (AvgIpc) is 2.42. The molecule has 1 aromatic carbocycles. The van der Waals surface area contributed by atoms with Crippen molar-refractivity contribution in [1.29, 1.82) is 0 Å². The smallest absolute Gasteiger partial charge is 0.252 e. The third-order valence-corrected chi connectivity index (χ3v) is 4.66. The lowest BCUT2D eigenvalue weighted by Gasteiger charge is -2.18. The maximum atomic E-state index is 12.1. The van der Waals surface area contributed by atoms with Crippen molar-refractivity contribution in [2.24, 2.45) is 0 Å². The highest BCUT2D eigenvalue weighted by Crippen LogP contribution is 2.20. The first-order valence-corrected chi connectivity index (χ1v) is 9.06. The molecule has 0 radical (unpaired) electrons. The van der Waals surface area contributed by atoms with Crippen molar-refractivity contribution in [2.45, 2.75) is 18.7 Å². The van der Waals surface area contributed by atoms with Crippen LogP contribution in [0.1, 0.15) is 24.2 Å². The van der Waals surface area contributed by atoms with Gasteiger partial charge in [-0.2, -0.15) is 0 Å². The van der Waals surface area contributed by atoms with Crippen LogP contribution in [-0.4, -0.2) is 51.7 Å². The second kappa shape index (κ2) is 7.77. The lowest BCUT2D eigenvalue weighted by molar-refractivity contribution is 0.0949. The molecule has 0 saturated carbocycles. The van der Waals surface area contributed by atoms with Gasteiger partial charge in [0.1, 0.15) is 0 Å². The molecular weight excluding hydrogens is 312 g/mol. The maximum Gasteiger partial charge on any atom is 0.252 e. The molecule has 1 aromatic rings. The van der Waals surface area contributed by atoms with E-state index in [0.29, 0.717) is 6.54 Å². The van der Waals surface area contributed by atoms with Crippen LogP contribution in [0, 0.1) is 0 Å². The van der Waals surface area contributed by atoms with Crippen molar-refractivity contribution in [1.82, 2.24) is 10.2 Å². The number of rotatable bonds is 7. The number of halogens is 1. The van der Waals surface area contributed by atoms with Crippen LogP contribution in [0.25, 0.3) is 0 Å². The van der Waals surface area contributed by atoms with Crippen LogP contribution in [0.4, 0.5) is 0 Å². The van der Waals surface area contributed by atoms with Gasteiger partial charge in [0.05, 0.1) is 15.5 Å². The van der Waals surface area contributed by atoms with Crippen molar-refractivity contribution >= 4 is 27.3 Å². The summed E-state index contributed by atoms with van der Waals surface area (Å²) in [4.78, 5) is 14.4. The third-order valence-electron chi connectivity index (χ3n) is 3.22. The lowest BCUT2D eigenvalue weighted by atomic mass is 10.2. The van der Waals surface area contributed by atoms with E-state index in [4.69, 9.17) is 11.6 Å². The Kier molecular flexibility index (Phi) is 6.64. The quantitative estimate of drug-likeness (QED) is 0.827. The molecule has 0 aliphatic rings. The molecule has 0 aliphatic carbocycles. The first kappa shape index (κ1) is 17.9. The van der Waals surface area contributed by atoms with Crippen molar-refractivity contribution in [3.8, 4) is 0 Å². The number of likely N-dealkylation sites (N-methyl/N-ethyl adjacent to an activating group) is 1.